The Bertz CT molecular complexity index is 912. The molecular weight excluding hydrogens is 395 g/mol. The molecule has 0 bridgehead atoms. The molecule has 3 nitrogen and oxygen atoms in total. The molecule has 5 heteroatoms. The van der Waals surface area contributed by atoms with Gasteiger partial charge in [-0.3, -0.25) is 4.98 Å². The Balaban J connectivity index is 1.50. The number of thiocarbonyl (C=S) groups is 1. The molecule has 158 valence electrons. The van der Waals surface area contributed by atoms with Crippen molar-refractivity contribution in [2.75, 3.05) is 14.1 Å². The van der Waals surface area contributed by atoms with E-state index in [1.165, 1.54) is 37.8 Å². The van der Waals surface area contributed by atoms with Gasteiger partial charge in [-0.1, -0.05) is 43.5 Å². The lowest BCUT2D eigenvalue weighted by Crippen LogP contribution is -2.30. The van der Waals surface area contributed by atoms with Gasteiger partial charge in [0, 0.05) is 31.8 Å². The second-order valence-corrected chi connectivity index (χ2v) is 9.03. The van der Waals surface area contributed by atoms with Crippen LogP contribution in [0.4, 0.5) is 4.39 Å². The largest absolute Gasteiger partial charge is 0.467 e. The van der Waals surface area contributed by atoms with Gasteiger partial charge in [0.2, 0.25) is 0 Å². The fourth-order valence-electron chi connectivity index (χ4n) is 4.95. The van der Waals surface area contributed by atoms with E-state index in [0.717, 1.165) is 29.2 Å². The Hall–Kier alpha value is -2.27. The minimum Gasteiger partial charge on any atom is -0.467 e. The molecule has 2 aliphatic rings. The molecule has 30 heavy (non-hydrogen) atoms. The molecule has 2 aliphatic carbocycles. The van der Waals surface area contributed by atoms with E-state index in [2.05, 4.69) is 17.1 Å². The quantitative estimate of drug-likeness (QED) is 0.566. The third-order valence-corrected chi connectivity index (χ3v) is 6.94. The number of benzene rings is 1. The van der Waals surface area contributed by atoms with Gasteiger partial charge in [-0.25, -0.2) is 4.39 Å². The van der Waals surface area contributed by atoms with Crippen LogP contribution in [0.25, 0.3) is 17.2 Å². The maximum absolute atomic E-state index is 13.5. The van der Waals surface area contributed by atoms with E-state index in [0.29, 0.717) is 17.0 Å². The number of hydrogen-bond donors (Lipinski definition) is 0. The summed E-state index contributed by atoms with van der Waals surface area (Å²) in [6.45, 7) is 0. The highest BCUT2D eigenvalue weighted by molar-refractivity contribution is 7.80. The third kappa shape index (κ3) is 4.72. The molecule has 2 saturated carbocycles. The van der Waals surface area contributed by atoms with Crippen LogP contribution < -0.4 is 0 Å². The van der Waals surface area contributed by atoms with E-state index in [9.17, 15) is 4.39 Å². The van der Waals surface area contributed by atoms with Crippen molar-refractivity contribution in [2.24, 2.45) is 17.8 Å². The van der Waals surface area contributed by atoms with Crippen molar-refractivity contribution in [3.63, 3.8) is 0 Å². The first-order valence-electron chi connectivity index (χ1n) is 10.8. The number of fused-ring (bicyclic) bond motifs is 1. The predicted octanol–water partition coefficient (Wildman–Crippen LogP) is 5.96. The van der Waals surface area contributed by atoms with Gasteiger partial charge in [0.1, 0.15) is 11.9 Å². The minimum absolute atomic E-state index is 0.135. The Morgan fingerprint density at radius 2 is 2.00 bits per heavy atom. The topological polar surface area (TPSA) is 25.4 Å². The lowest BCUT2D eigenvalue weighted by molar-refractivity contribution is 0.137. The molecular formula is C25H29FN2OS. The Labute approximate surface area is 184 Å². The summed E-state index contributed by atoms with van der Waals surface area (Å²) in [7, 11) is 3.86. The number of nitrogens with zero attached hydrogens (tertiary/aromatic N) is 2. The van der Waals surface area contributed by atoms with Crippen LogP contribution in [0.2, 0.25) is 0 Å². The van der Waals surface area contributed by atoms with Gasteiger partial charge < -0.3 is 9.64 Å². The fraction of sp³-hybridized carbons (Fsp3) is 0.440. The van der Waals surface area contributed by atoms with Crippen molar-refractivity contribution in [2.45, 2.75) is 38.2 Å². The first-order chi connectivity index (χ1) is 14.5. The molecule has 1 heterocycles. The second kappa shape index (κ2) is 9.25. The molecule has 1 aromatic heterocycles. The van der Waals surface area contributed by atoms with Gasteiger partial charge in [-0.05, 0) is 66.7 Å². The zero-order valence-electron chi connectivity index (χ0n) is 17.6. The zero-order chi connectivity index (χ0) is 21.1. The SMILES string of the molecule is CN(C)C(=S)OC1C[C@@H]2CCCC[C@@H]2[C@H]1/C=C/c1ccc(-c2cccc(F)c2)cn1. The van der Waals surface area contributed by atoms with Crippen LogP contribution >= 0.6 is 12.2 Å². The molecule has 0 spiro atoms. The van der Waals surface area contributed by atoms with Gasteiger partial charge in [-0.15, -0.1) is 0 Å². The number of pyridine rings is 1. The van der Waals surface area contributed by atoms with Gasteiger partial charge in [-0.2, -0.15) is 0 Å². The molecule has 0 amide bonds. The lowest BCUT2D eigenvalue weighted by Gasteiger charge is -2.28. The molecule has 0 saturated heterocycles. The summed E-state index contributed by atoms with van der Waals surface area (Å²) in [4.78, 5) is 6.45. The van der Waals surface area contributed by atoms with Crippen LogP contribution in [0.1, 0.15) is 37.8 Å². The van der Waals surface area contributed by atoms with Crippen LogP contribution in [0, 0.1) is 23.6 Å². The predicted molar refractivity (Wildman–Crippen MR) is 123 cm³/mol. The average Bonchev–Trinajstić information content (AvgIpc) is 3.09. The number of hydrogen-bond acceptors (Lipinski definition) is 3. The van der Waals surface area contributed by atoms with Crippen LogP contribution in [0.5, 0.6) is 0 Å². The molecule has 1 unspecified atom stereocenters. The van der Waals surface area contributed by atoms with Crippen LogP contribution in [0.15, 0.2) is 48.7 Å². The summed E-state index contributed by atoms with van der Waals surface area (Å²) >= 11 is 5.42. The van der Waals surface area contributed by atoms with E-state index in [-0.39, 0.29) is 11.9 Å². The first kappa shape index (κ1) is 21.0. The molecule has 4 rings (SSSR count). The molecule has 0 N–H and O–H groups in total. The smallest absolute Gasteiger partial charge is 0.259 e. The van der Waals surface area contributed by atoms with Crippen LogP contribution in [0.3, 0.4) is 0 Å². The summed E-state index contributed by atoms with van der Waals surface area (Å²) in [5.74, 6) is 1.52. The monoisotopic (exact) mass is 424 g/mol. The van der Waals surface area contributed by atoms with Crippen molar-refractivity contribution in [1.29, 1.82) is 0 Å². The molecule has 0 aliphatic heterocycles. The number of rotatable bonds is 4. The fourth-order valence-corrected chi connectivity index (χ4v) is 5.07. The Kier molecular flexibility index (Phi) is 6.47. The van der Waals surface area contributed by atoms with Crippen LogP contribution in [-0.4, -0.2) is 35.3 Å². The maximum atomic E-state index is 13.5. The average molecular weight is 425 g/mol. The molecule has 1 aromatic carbocycles. The van der Waals surface area contributed by atoms with Crippen molar-refractivity contribution in [3.05, 3.63) is 60.2 Å². The van der Waals surface area contributed by atoms with Gasteiger partial charge in [0.15, 0.2) is 0 Å². The van der Waals surface area contributed by atoms with Crippen molar-refractivity contribution in [1.82, 2.24) is 9.88 Å². The highest BCUT2D eigenvalue weighted by Crippen LogP contribution is 2.48. The molecule has 4 atom stereocenters. The van der Waals surface area contributed by atoms with E-state index >= 15 is 0 Å². The summed E-state index contributed by atoms with van der Waals surface area (Å²) in [5, 5.41) is 0.564. The van der Waals surface area contributed by atoms with E-state index in [1.54, 1.807) is 6.07 Å². The second-order valence-electron chi connectivity index (χ2n) is 8.68. The van der Waals surface area contributed by atoms with E-state index in [1.807, 2.05) is 43.4 Å². The Morgan fingerprint density at radius 3 is 2.73 bits per heavy atom. The molecule has 0 radical (unpaired) electrons. The number of ether oxygens (including phenoxy) is 1. The van der Waals surface area contributed by atoms with Crippen LogP contribution in [-0.2, 0) is 4.74 Å². The highest BCUT2D eigenvalue weighted by Gasteiger charge is 2.44. The van der Waals surface area contributed by atoms with Crippen molar-refractivity contribution < 1.29 is 9.13 Å². The lowest BCUT2D eigenvalue weighted by atomic mass is 9.78. The summed E-state index contributed by atoms with van der Waals surface area (Å²) < 4.78 is 19.7. The summed E-state index contributed by atoms with van der Waals surface area (Å²) in [6, 6.07) is 10.6. The molecule has 2 aromatic rings. The van der Waals surface area contributed by atoms with E-state index in [4.69, 9.17) is 17.0 Å². The Morgan fingerprint density at radius 1 is 1.17 bits per heavy atom. The molecule has 2 fully saturated rings. The van der Waals surface area contributed by atoms with Gasteiger partial charge >= 0.3 is 0 Å². The minimum atomic E-state index is -0.235. The van der Waals surface area contributed by atoms with Gasteiger partial charge in [0.05, 0.1) is 5.69 Å². The normalized spacial score (nSPS) is 25.8. The van der Waals surface area contributed by atoms with Crippen molar-refractivity contribution >= 4 is 23.5 Å². The maximum Gasteiger partial charge on any atom is 0.259 e. The number of aromatic nitrogens is 1. The number of halogens is 1. The first-order valence-corrected chi connectivity index (χ1v) is 11.2. The zero-order valence-corrected chi connectivity index (χ0v) is 18.4. The third-order valence-electron chi connectivity index (χ3n) is 6.48. The standard InChI is InChI=1S/C25H29FN2OS/c1-28(2)25(30)29-24-15-18-6-3-4-9-22(18)23(24)13-12-21-11-10-19(16-27-21)17-7-5-8-20(26)14-17/h5,7-8,10-14,16,18,22-24H,3-4,6,9,15H2,1-2H3/b13-12+/t18-,22-,23+,24?/m0/s1. The summed E-state index contributed by atoms with van der Waals surface area (Å²) in [5.41, 5.74) is 2.66. The van der Waals surface area contributed by atoms with E-state index < -0.39 is 0 Å². The van der Waals surface area contributed by atoms with Gasteiger partial charge in [0.25, 0.3) is 5.17 Å². The highest BCUT2D eigenvalue weighted by atomic mass is 32.1. The van der Waals surface area contributed by atoms with Crippen molar-refractivity contribution in [3.8, 4) is 11.1 Å². The summed E-state index contributed by atoms with van der Waals surface area (Å²) in [6.07, 6.45) is 12.6.